The molecule has 2 aromatic rings. The van der Waals surface area contributed by atoms with Crippen molar-refractivity contribution in [1.82, 2.24) is 14.8 Å². The van der Waals surface area contributed by atoms with Crippen LogP contribution in [0.15, 0.2) is 42.5 Å². The maximum atomic E-state index is 14.1. The van der Waals surface area contributed by atoms with Crippen LogP contribution >= 0.6 is 0 Å². The van der Waals surface area contributed by atoms with Crippen LogP contribution in [0.4, 0.5) is 4.39 Å². The zero-order valence-electron chi connectivity index (χ0n) is 16.2. The fourth-order valence-corrected chi connectivity index (χ4v) is 3.81. The van der Waals surface area contributed by atoms with Crippen LogP contribution in [-0.2, 0) is 4.79 Å². The lowest BCUT2D eigenvalue weighted by molar-refractivity contribution is -0.132. The first-order valence-corrected chi connectivity index (χ1v) is 9.84. The van der Waals surface area contributed by atoms with Crippen molar-refractivity contribution in [2.24, 2.45) is 0 Å². The summed E-state index contributed by atoms with van der Waals surface area (Å²) < 4.78 is 14.1. The van der Waals surface area contributed by atoms with Gasteiger partial charge in [-0.3, -0.25) is 14.7 Å². The number of nitrogens with zero attached hydrogens (tertiary/aromatic N) is 3. The molecule has 1 aromatic carbocycles. The Hall–Kier alpha value is -2.27. The van der Waals surface area contributed by atoms with Crippen LogP contribution in [0.5, 0.6) is 0 Å². The summed E-state index contributed by atoms with van der Waals surface area (Å²) in [6, 6.07) is 12.6. The van der Waals surface area contributed by atoms with Crippen LogP contribution in [0.3, 0.4) is 0 Å². The van der Waals surface area contributed by atoms with E-state index in [-0.39, 0.29) is 17.6 Å². The summed E-state index contributed by atoms with van der Waals surface area (Å²) in [5.41, 5.74) is 2.18. The fourth-order valence-electron chi connectivity index (χ4n) is 3.81. The summed E-state index contributed by atoms with van der Waals surface area (Å²) in [5.74, 6) is 0.209. The van der Waals surface area contributed by atoms with Crippen LogP contribution in [0.1, 0.15) is 38.3 Å². The van der Waals surface area contributed by atoms with Gasteiger partial charge in [0.1, 0.15) is 5.82 Å². The summed E-state index contributed by atoms with van der Waals surface area (Å²) >= 11 is 0. The maximum absolute atomic E-state index is 14.1. The Kier molecular flexibility index (Phi) is 6.56. The third-order valence-electron chi connectivity index (χ3n) is 5.32. The van der Waals surface area contributed by atoms with E-state index in [9.17, 15) is 9.18 Å². The van der Waals surface area contributed by atoms with Gasteiger partial charge >= 0.3 is 0 Å². The summed E-state index contributed by atoms with van der Waals surface area (Å²) in [6.07, 6.45) is 2.09. The van der Waals surface area contributed by atoms with Gasteiger partial charge in [-0.15, -0.1) is 0 Å². The predicted octanol–water partition coefficient (Wildman–Crippen LogP) is 3.94. The molecular weight excluding hydrogens is 341 g/mol. The molecule has 1 aliphatic heterocycles. The number of benzene rings is 1. The van der Waals surface area contributed by atoms with Crippen molar-refractivity contribution in [3.63, 3.8) is 0 Å². The first-order chi connectivity index (χ1) is 13.1. The number of likely N-dealkylation sites (tertiary alicyclic amines) is 1. The SMILES string of the molecule is CCN(CC)C(=O)CN1CCCC(c2cccc(-c3ccccc3F)n2)C1. The van der Waals surface area contributed by atoms with E-state index >= 15 is 0 Å². The number of aromatic nitrogens is 1. The highest BCUT2D eigenvalue weighted by atomic mass is 19.1. The normalized spacial score (nSPS) is 17.7. The average molecular weight is 369 g/mol. The largest absolute Gasteiger partial charge is 0.342 e. The lowest BCUT2D eigenvalue weighted by Gasteiger charge is -2.33. The number of piperidine rings is 1. The number of rotatable bonds is 6. The molecule has 0 aliphatic carbocycles. The van der Waals surface area contributed by atoms with Gasteiger partial charge in [-0.1, -0.05) is 18.2 Å². The Morgan fingerprint density at radius 2 is 1.96 bits per heavy atom. The minimum Gasteiger partial charge on any atom is -0.342 e. The van der Waals surface area contributed by atoms with Gasteiger partial charge in [0, 0.05) is 36.8 Å². The van der Waals surface area contributed by atoms with Crippen LogP contribution in [0, 0.1) is 5.82 Å². The van der Waals surface area contributed by atoms with Gasteiger partial charge in [-0.25, -0.2) is 4.39 Å². The first-order valence-electron chi connectivity index (χ1n) is 9.84. The molecule has 1 saturated heterocycles. The molecule has 0 radical (unpaired) electrons. The molecular formula is C22H28FN3O. The number of pyridine rings is 1. The van der Waals surface area contributed by atoms with E-state index in [1.54, 1.807) is 12.1 Å². The molecule has 3 rings (SSSR count). The van der Waals surface area contributed by atoms with E-state index in [0.717, 1.165) is 44.7 Å². The Labute approximate surface area is 161 Å². The van der Waals surface area contributed by atoms with Crippen LogP contribution in [0.2, 0.25) is 0 Å². The minimum atomic E-state index is -0.253. The summed E-state index contributed by atoms with van der Waals surface area (Å²) in [5, 5.41) is 0. The van der Waals surface area contributed by atoms with E-state index in [1.807, 2.05) is 43.0 Å². The second-order valence-electron chi connectivity index (χ2n) is 7.07. The Morgan fingerprint density at radius 1 is 1.19 bits per heavy atom. The number of likely N-dealkylation sites (N-methyl/N-ethyl adjacent to an activating group) is 1. The molecule has 0 bridgehead atoms. The summed E-state index contributed by atoms with van der Waals surface area (Å²) in [6.45, 7) is 7.75. The maximum Gasteiger partial charge on any atom is 0.236 e. The molecule has 2 heterocycles. The number of amides is 1. The summed E-state index contributed by atoms with van der Waals surface area (Å²) in [4.78, 5) is 21.3. The smallest absolute Gasteiger partial charge is 0.236 e. The lowest BCUT2D eigenvalue weighted by Crippen LogP contribution is -2.43. The Balaban J connectivity index is 1.72. The predicted molar refractivity (Wildman–Crippen MR) is 106 cm³/mol. The van der Waals surface area contributed by atoms with Crippen molar-refractivity contribution in [2.45, 2.75) is 32.6 Å². The van der Waals surface area contributed by atoms with Gasteiger partial charge < -0.3 is 4.90 Å². The highest BCUT2D eigenvalue weighted by Gasteiger charge is 2.25. The van der Waals surface area contributed by atoms with Crippen LogP contribution in [0.25, 0.3) is 11.3 Å². The van der Waals surface area contributed by atoms with E-state index in [4.69, 9.17) is 4.98 Å². The molecule has 144 valence electrons. The first kappa shape index (κ1) is 19.5. The molecule has 1 amide bonds. The van der Waals surface area contributed by atoms with E-state index in [2.05, 4.69) is 4.90 Å². The molecule has 1 unspecified atom stereocenters. The molecule has 0 N–H and O–H groups in total. The Bertz CT molecular complexity index is 776. The zero-order valence-corrected chi connectivity index (χ0v) is 16.2. The highest BCUT2D eigenvalue weighted by Crippen LogP contribution is 2.28. The topological polar surface area (TPSA) is 36.4 Å². The van der Waals surface area contributed by atoms with Gasteiger partial charge in [0.25, 0.3) is 0 Å². The third kappa shape index (κ3) is 4.72. The molecule has 0 saturated carbocycles. The fraction of sp³-hybridized carbons (Fsp3) is 0.455. The zero-order chi connectivity index (χ0) is 19.2. The van der Waals surface area contributed by atoms with Crippen molar-refractivity contribution in [3.8, 4) is 11.3 Å². The second kappa shape index (κ2) is 9.09. The van der Waals surface area contributed by atoms with Gasteiger partial charge in [-0.2, -0.15) is 0 Å². The third-order valence-corrected chi connectivity index (χ3v) is 5.32. The number of hydrogen-bond donors (Lipinski definition) is 0. The Morgan fingerprint density at radius 3 is 2.70 bits per heavy atom. The number of carbonyl (C=O) groups is 1. The molecule has 1 aromatic heterocycles. The molecule has 0 spiro atoms. The molecule has 1 atom stereocenters. The monoisotopic (exact) mass is 369 g/mol. The van der Waals surface area contributed by atoms with Gasteiger partial charge in [0.2, 0.25) is 5.91 Å². The van der Waals surface area contributed by atoms with E-state index in [1.165, 1.54) is 6.07 Å². The van der Waals surface area contributed by atoms with E-state index in [0.29, 0.717) is 17.8 Å². The van der Waals surface area contributed by atoms with Gasteiger partial charge in [0.05, 0.1) is 12.2 Å². The molecule has 4 nitrogen and oxygen atoms in total. The molecule has 5 heteroatoms. The van der Waals surface area contributed by atoms with Crippen molar-refractivity contribution in [1.29, 1.82) is 0 Å². The quantitative estimate of drug-likeness (QED) is 0.774. The number of hydrogen-bond acceptors (Lipinski definition) is 3. The average Bonchev–Trinajstić information content (AvgIpc) is 2.69. The van der Waals surface area contributed by atoms with Gasteiger partial charge in [0.15, 0.2) is 0 Å². The molecule has 27 heavy (non-hydrogen) atoms. The van der Waals surface area contributed by atoms with Crippen LogP contribution < -0.4 is 0 Å². The van der Waals surface area contributed by atoms with Crippen molar-refractivity contribution >= 4 is 5.91 Å². The molecule has 1 aliphatic rings. The number of halogens is 1. The van der Waals surface area contributed by atoms with E-state index < -0.39 is 0 Å². The molecule has 1 fully saturated rings. The van der Waals surface area contributed by atoms with Crippen LogP contribution in [-0.4, -0.2) is 53.4 Å². The lowest BCUT2D eigenvalue weighted by atomic mass is 9.93. The minimum absolute atomic E-state index is 0.189. The standard InChI is InChI=1S/C22H28FN3O/c1-3-26(4-2)22(27)16-25-14-8-9-17(15-25)20-12-7-13-21(24-20)18-10-5-6-11-19(18)23/h5-7,10-13,17H,3-4,8-9,14-16H2,1-2H3. The second-order valence-corrected chi connectivity index (χ2v) is 7.07. The van der Waals surface area contributed by atoms with Crippen molar-refractivity contribution in [3.05, 3.63) is 54.0 Å². The summed E-state index contributed by atoms with van der Waals surface area (Å²) in [7, 11) is 0. The highest BCUT2D eigenvalue weighted by molar-refractivity contribution is 5.78. The van der Waals surface area contributed by atoms with Crippen molar-refractivity contribution < 1.29 is 9.18 Å². The van der Waals surface area contributed by atoms with Gasteiger partial charge in [-0.05, 0) is 57.5 Å². The van der Waals surface area contributed by atoms with Crippen molar-refractivity contribution in [2.75, 3.05) is 32.7 Å². The number of carbonyl (C=O) groups excluding carboxylic acids is 1.